The summed E-state index contributed by atoms with van der Waals surface area (Å²) in [5.41, 5.74) is 2.44. The Morgan fingerprint density at radius 1 is 1.03 bits per heavy atom. The van der Waals surface area contributed by atoms with Gasteiger partial charge in [0.2, 0.25) is 0 Å². The highest BCUT2D eigenvalue weighted by molar-refractivity contribution is 6.21. The Morgan fingerprint density at radius 3 is 2.43 bits per heavy atom. The lowest BCUT2D eigenvalue weighted by Crippen LogP contribution is -2.34. The van der Waals surface area contributed by atoms with Crippen molar-refractivity contribution in [1.29, 1.82) is 0 Å². The van der Waals surface area contributed by atoms with Crippen molar-refractivity contribution in [3.05, 3.63) is 82.9 Å². The van der Waals surface area contributed by atoms with E-state index in [1.165, 1.54) is 7.11 Å². The van der Waals surface area contributed by atoms with Crippen LogP contribution in [0, 0.1) is 0 Å². The van der Waals surface area contributed by atoms with E-state index in [2.05, 4.69) is 10.6 Å². The lowest BCUT2D eigenvalue weighted by molar-refractivity contribution is -0.122. The van der Waals surface area contributed by atoms with Crippen LogP contribution in [0.4, 0.5) is 11.4 Å². The van der Waals surface area contributed by atoms with Crippen molar-refractivity contribution in [2.45, 2.75) is 19.6 Å². The van der Waals surface area contributed by atoms with Crippen molar-refractivity contribution in [1.82, 2.24) is 4.90 Å². The third kappa shape index (κ3) is 3.97. The monoisotopic (exact) mass is 471 g/mol. The molecule has 0 saturated heterocycles. The molecule has 1 atom stereocenters. The molecule has 0 unspecified atom stereocenters. The number of carbonyl (C=O) groups excluding carboxylic acids is 4. The molecule has 0 spiro atoms. The van der Waals surface area contributed by atoms with Gasteiger partial charge in [0, 0.05) is 5.69 Å². The minimum atomic E-state index is -0.600. The fourth-order valence-electron chi connectivity index (χ4n) is 4.08. The van der Waals surface area contributed by atoms with Gasteiger partial charge in [-0.3, -0.25) is 24.1 Å². The molecule has 0 aliphatic carbocycles. The van der Waals surface area contributed by atoms with E-state index in [0.29, 0.717) is 39.6 Å². The van der Waals surface area contributed by atoms with E-state index in [0.717, 1.165) is 4.90 Å². The highest BCUT2D eigenvalue weighted by atomic mass is 16.5. The summed E-state index contributed by atoms with van der Waals surface area (Å²) < 4.78 is 10.9. The zero-order valence-corrected chi connectivity index (χ0v) is 19.0. The lowest BCUT2D eigenvalue weighted by atomic mass is 10.1. The average molecular weight is 471 g/mol. The Kier molecular flexibility index (Phi) is 5.44. The molecule has 4 amide bonds. The van der Waals surface area contributed by atoms with Gasteiger partial charge >= 0.3 is 0 Å². The van der Waals surface area contributed by atoms with Gasteiger partial charge in [0.15, 0.2) is 6.10 Å². The molecule has 2 heterocycles. The first-order chi connectivity index (χ1) is 16.9. The molecule has 3 aromatic rings. The van der Waals surface area contributed by atoms with Crippen LogP contribution in [-0.2, 0) is 11.3 Å². The number of hydrogen-bond donors (Lipinski definition) is 2. The summed E-state index contributed by atoms with van der Waals surface area (Å²) in [5.74, 6) is -0.640. The Bertz CT molecular complexity index is 1360. The predicted octanol–water partition coefficient (Wildman–Crippen LogP) is 3.46. The summed E-state index contributed by atoms with van der Waals surface area (Å²) in [7, 11) is 1.45. The van der Waals surface area contributed by atoms with E-state index >= 15 is 0 Å². The third-order valence-electron chi connectivity index (χ3n) is 5.90. The van der Waals surface area contributed by atoms with Gasteiger partial charge in [0.05, 0.1) is 36.0 Å². The Labute approximate surface area is 200 Å². The van der Waals surface area contributed by atoms with Crippen LogP contribution < -0.4 is 20.1 Å². The normalized spacial score (nSPS) is 16.2. The van der Waals surface area contributed by atoms with Crippen molar-refractivity contribution in [2.75, 3.05) is 17.7 Å². The van der Waals surface area contributed by atoms with Crippen LogP contribution in [0.25, 0.3) is 0 Å². The maximum atomic E-state index is 13.1. The van der Waals surface area contributed by atoms with E-state index in [1.807, 2.05) is 0 Å². The Hall–Kier alpha value is -4.66. The van der Waals surface area contributed by atoms with Crippen molar-refractivity contribution in [2.24, 2.45) is 0 Å². The van der Waals surface area contributed by atoms with E-state index in [9.17, 15) is 19.2 Å². The van der Waals surface area contributed by atoms with Crippen molar-refractivity contribution >= 4 is 35.0 Å². The van der Waals surface area contributed by atoms with Crippen LogP contribution in [0.15, 0.2) is 60.7 Å². The SMILES string of the molecule is COc1ccc(CN2C(=O)c3ccccc3C2=O)cc1C(=O)Nc1ccc2c(c1)NC(=O)[C@H](C)O2. The average Bonchev–Trinajstić information content (AvgIpc) is 3.10. The molecule has 2 aliphatic rings. The van der Waals surface area contributed by atoms with Gasteiger partial charge in [-0.15, -0.1) is 0 Å². The standard InChI is InChI=1S/C26H21N3O6/c1-14-23(30)28-20-12-16(8-10-22(20)35-14)27-24(31)19-11-15(7-9-21(19)34-2)13-29-25(32)17-5-3-4-6-18(17)26(29)33/h3-12,14H,13H2,1-2H3,(H,27,31)(H,28,30)/t14-/m0/s1. The number of anilines is 2. The van der Waals surface area contributed by atoms with Crippen LogP contribution in [0.5, 0.6) is 11.5 Å². The highest BCUT2D eigenvalue weighted by Crippen LogP contribution is 2.33. The van der Waals surface area contributed by atoms with E-state index < -0.39 is 12.0 Å². The molecule has 35 heavy (non-hydrogen) atoms. The number of benzene rings is 3. The molecule has 0 fully saturated rings. The predicted molar refractivity (Wildman–Crippen MR) is 127 cm³/mol. The van der Waals surface area contributed by atoms with E-state index in [-0.39, 0.29) is 29.8 Å². The minimum absolute atomic E-state index is 0.0109. The Morgan fingerprint density at radius 2 is 1.74 bits per heavy atom. The molecule has 0 aromatic heterocycles. The summed E-state index contributed by atoms with van der Waals surface area (Å²) in [4.78, 5) is 51.6. The van der Waals surface area contributed by atoms with Gasteiger partial charge in [0.25, 0.3) is 23.6 Å². The molecule has 9 nitrogen and oxygen atoms in total. The van der Waals surface area contributed by atoms with E-state index in [4.69, 9.17) is 9.47 Å². The molecule has 9 heteroatoms. The first kappa shape index (κ1) is 22.1. The number of carbonyl (C=O) groups is 4. The second-order valence-electron chi connectivity index (χ2n) is 8.19. The second kappa shape index (κ2) is 8.60. The number of nitrogens with zero attached hydrogens (tertiary/aromatic N) is 1. The summed E-state index contributed by atoms with van der Waals surface area (Å²) in [5, 5.41) is 5.53. The topological polar surface area (TPSA) is 114 Å². The summed E-state index contributed by atoms with van der Waals surface area (Å²) in [6.07, 6.45) is -0.600. The molecule has 2 aliphatic heterocycles. The molecule has 176 valence electrons. The number of imide groups is 1. The Balaban J connectivity index is 1.37. The van der Waals surface area contributed by atoms with Crippen LogP contribution in [0.3, 0.4) is 0 Å². The number of nitrogens with one attached hydrogen (secondary N) is 2. The van der Waals surface area contributed by atoms with Gasteiger partial charge in [-0.05, 0) is 55.0 Å². The van der Waals surface area contributed by atoms with Gasteiger partial charge < -0.3 is 20.1 Å². The quantitative estimate of drug-likeness (QED) is 0.551. The molecule has 0 bridgehead atoms. The molecule has 2 N–H and O–H groups in total. The van der Waals surface area contributed by atoms with E-state index in [1.54, 1.807) is 67.6 Å². The molecular weight excluding hydrogens is 450 g/mol. The number of rotatable bonds is 5. The van der Waals surface area contributed by atoms with Crippen LogP contribution in [-0.4, -0.2) is 41.7 Å². The molecular formula is C26H21N3O6. The van der Waals surface area contributed by atoms with Crippen LogP contribution in [0.1, 0.15) is 43.6 Å². The highest BCUT2D eigenvalue weighted by Gasteiger charge is 2.35. The maximum absolute atomic E-state index is 13.1. The zero-order valence-electron chi connectivity index (χ0n) is 19.0. The van der Waals surface area contributed by atoms with Crippen LogP contribution >= 0.6 is 0 Å². The number of ether oxygens (including phenoxy) is 2. The number of amides is 4. The first-order valence-corrected chi connectivity index (χ1v) is 10.9. The fraction of sp³-hybridized carbons (Fsp3) is 0.154. The van der Waals surface area contributed by atoms with Gasteiger partial charge in [-0.2, -0.15) is 0 Å². The summed E-state index contributed by atoms with van der Waals surface area (Å²) in [6.45, 7) is 1.66. The fourth-order valence-corrected chi connectivity index (χ4v) is 4.08. The van der Waals surface area contributed by atoms with Gasteiger partial charge in [-0.1, -0.05) is 18.2 Å². The largest absolute Gasteiger partial charge is 0.496 e. The molecule has 3 aromatic carbocycles. The zero-order chi connectivity index (χ0) is 24.7. The van der Waals surface area contributed by atoms with Crippen LogP contribution in [0.2, 0.25) is 0 Å². The van der Waals surface area contributed by atoms with Gasteiger partial charge in [0.1, 0.15) is 11.5 Å². The van der Waals surface area contributed by atoms with Gasteiger partial charge in [-0.25, -0.2) is 0 Å². The summed E-state index contributed by atoms with van der Waals surface area (Å²) >= 11 is 0. The number of fused-ring (bicyclic) bond motifs is 2. The minimum Gasteiger partial charge on any atom is -0.496 e. The van der Waals surface area contributed by atoms with Crippen molar-refractivity contribution in [3.8, 4) is 11.5 Å². The first-order valence-electron chi connectivity index (χ1n) is 10.9. The maximum Gasteiger partial charge on any atom is 0.265 e. The molecule has 0 saturated carbocycles. The third-order valence-corrected chi connectivity index (χ3v) is 5.90. The molecule has 0 radical (unpaired) electrons. The van der Waals surface area contributed by atoms with Crippen molar-refractivity contribution < 1.29 is 28.7 Å². The lowest BCUT2D eigenvalue weighted by Gasteiger charge is -2.23. The number of methoxy groups -OCH3 is 1. The van der Waals surface area contributed by atoms with Crippen molar-refractivity contribution in [3.63, 3.8) is 0 Å². The number of hydrogen-bond acceptors (Lipinski definition) is 6. The smallest absolute Gasteiger partial charge is 0.265 e. The second-order valence-corrected chi connectivity index (χ2v) is 8.19. The summed E-state index contributed by atoms with van der Waals surface area (Å²) in [6, 6.07) is 16.5. The molecule has 5 rings (SSSR count).